The molecule has 0 fully saturated rings. The molecule has 0 heterocycles. The molecule has 1 aliphatic rings. The van der Waals surface area contributed by atoms with Crippen LogP contribution in [0.25, 0.3) is 10.8 Å². The lowest BCUT2D eigenvalue weighted by atomic mass is 9.90. The van der Waals surface area contributed by atoms with E-state index in [-0.39, 0.29) is 5.91 Å². The Balaban J connectivity index is 1.34. The fraction of sp³-hybridized carbons (Fsp3) is 0.292. The lowest BCUT2D eigenvalue weighted by Crippen LogP contribution is -2.25. The number of amides is 1. The fourth-order valence-electron chi connectivity index (χ4n) is 3.97. The zero-order chi connectivity index (χ0) is 17.8. The molecule has 0 saturated carbocycles. The van der Waals surface area contributed by atoms with Crippen LogP contribution < -0.4 is 5.32 Å². The van der Waals surface area contributed by atoms with Gasteiger partial charge in [0.2, 0.25) is 0 Å². The maximum absolute atomic E-state index is 12.4. The van der Waals surface area contributed by atoms with E-state index in [4.69, 9.17) is 0 Å². The summed E-state index contributed by atoms with van der Waals surface area (Å²) >= 11 is 0. The summed E-state index contributed by atoms with van der Waals surface area (Å²) in [7, 11) is 0. The molecule has 132 valence electrons. The number of hydrogen-bond acceptors (Lipinski definition) is 1. The molecule has 0 aromatic heterocycles. The summed E-state index contributed by atoms with van der Waals surface area (Å²) in [4.78, 5) is 12.4. The van der Waals surface area contributed by atoms with Crippen molar-refractivity contribution in [2.75, 3.05) is 6.54 Å². The number of hydrogen-bond donors (Lipinski definition) is 1. The molecule has 0 spiro atoms. The van der Waals surface area contributed by atoms with Crippen LogP contribution in [0.15, 0.2) is 60.7 Å². The fourth-order valence-corrected chi connectivity index (χ4v) is 3.97. The molecule has 1 N–H and O–H groups in total. The van der Waals surface area contributed by atoms with Gasteiger partial charge in [0.1, 0.15) is 0 Å². The summed E-state index contributed by atoms with van der Waals surface area (Å²) in [5.74, 6) is 0.0521. The molecule has 0 bridgehead atoms. The van der Waals surface area contributed by atoms with E-state index in [0.717, 1.165) is 31.2 Å². The van der Waals surface area contributed by atoms with E-state index >= 15 is 0 Å². The van der Waals surface area contributed by atoms with Gasteiger partial charge in [0.25, 0.3) is 5.91 Å². The number of carbonyl (C=O) groups excluding carboxylic acids is 1. The molecule has 0 unspecified atom stereocenters. The summed E-state index contributed by atoms with van der Waals surface area (Å²) in [6.07, 6.45) is 6.70. The third-order valence-electron chi connectivity index (χ3n) is 5.40. The molecule has 0 atom stereocenters. The molecule has 0 aliphatic heterocycles. The summed E-state index contributed by atoms with van der Waals surface area (Å²) in [5, 5.41) is 5.68. The Morgan fingerprint density at radius 2 is 1.69 bits per heavy atom. The van der Waals surface area contributed by atoms with Gasteiger partial charge in [-0.2, -0.15) is 0 Å². The van der Waals surface area contributed by atoms with Crippen molar-refractivity contribution >= 4 is 16.7 Å². The van der Waals surface area contributed by atoms with Gasteiger partial charge in [0.05, 0.1) is 0 Å². The molecule has 4 rings (SSSR count). The van der Waals surface area contributed by atoms with Crippen LogP contribution in [0.1, 0.15) is 46.3 Å². The van der Waals surface area contributed by atoms with E-state index in [9.17, 15) is 4.79 Å². The van der Waals surface area contributed by atoms with Gasteiger partial charge >= 0.3 is 0 Å². The van der Waals surface area contributed by atoms with Crippen molar-refractivity contribution in [1.82, 2.24) is 5.32 Å². The molecule has 26 heavy (non-hydrogen) atoms. The standard InChI is InChI=1S/C24H25NO/c26-24(22-15-14-18-7-1-2-9-21(18)17-22)25-16-6-12-20-11-5-10-19-8-3-4-13-23(19)20/h3-5,8,10-11,13-15,17H,1-2,6-7,9,12,16H2,(H,25,26). The Morgan fingerprint density at radius 1 is 0.885 bits per heavy atom. The third kappa shape index (κ3) is 3.65. The first-order chi connectivity index (χ1) is 12.8. The highest BCUT2D eigenvalue weighted by Gasteiger charge is 2.12. The molecule has 1 aliphatic carbocycles. The lowest BCUT2D eigenvalue weighted by Gasteiger charge is -2.16. The van der Waals surface area contributed by atoms with Crippen LogP contribution in [0.4, 0.5) is 0 Å². The van der Waals surface area contributed by atoms with Gasteiger partial charge in [0, 0.05) is 12.1 Å². The van der Waals surface area contributed by atoms with Crippen molar-refractivity contribution in [3.63, 3.8) is 0 Å². The third-order valence-corrected chi connectivity index (χ3v) is 5.40. The minimum Gasteiger partial charge on any atom is -0.352 e. The molecular formula is C24H25NO. The zero-order valence-electron chi connectivity index (χ0n) is 15.1. The van der Waals surface area contributed by atoms with Crippen molar-refractivity contribution in [1.29, 1.82) is 0 Å². The van der Waals surface area contributed by atoms with Crippen LogP contribution >= 0.6 is 0 Å². The van der Waals surface area contributed by atoms with E-state index in [1.54, 1.807) is 0 Å². The largest absolute Gasteiger partial charge is 0.352 e. The maximum atomic E-state index is 12.4. The second kappa shape index (κ2) is 7.74. The molecule has 1 amide bonds. The van der Waals surface area contributed by atoms with E-state index in [2.05, 4.69) is 59.9 Å². The van der Waals surface area contributed by atoms with Crippen molar-refractivity contribution < 1.29 is 4.79 Å². The van der Waals surface area contributed by atoms with Crippen LogP contribution in [0.5, 0.6) is 0 Å². The van der Waals surface area contributed by atoms with E-state index < -0.39 is 0 Å². The number of fused-ring (bicyclic) bond motifs is 2. The Morgan fingerprint density at radius 3 is 2.62 bits per heavy atom. The van der Waals surface area contributed by atoms with Gasteiger partial charge in [0.15, 0.2) is 0 Å². The van der Waals surface area contributed by atoms with Gasteiger partial charge in [-0.1, -0.05) is 48.5 Å². The van der Waals surface area contributed by atoms with Crippen molar-refractivity contribution in [3.05, 3.63) is 82.9 Å². The molecule has 3 aromatic rings. The Kier molecular flexibility index (Phi) is 5.01. The molecule has 0 radical (unpaired) electrons. The highest BCUT2D eigenvalue weighted by atomic mass is 16.1. The molecule has 2 nitrogen and oxygen atoms in total. The van der Waals surface area contributed by atoms with Gasteiger partial charge in [-0.15, -0.1) is 0 Å². The maximum Gasteiger partial charge on any atom is 0.251 e. The van der Waals surface area contributed by atoms with Gasteiger partial charge in [-0.3, -0.25) is 4.79 Å². The number of benzene rings is 3. The van der Waals surface area contributed by atoms with Gasteiger partial charge in [-0.05, 0) is 78.1 Å². The lowest BCUT2D eigenvalue weighted by molar-refractivity contribution is 0.0953. The quantitative estimate of drug-likeness (QED) is 0.643. The summed E-state index contributed by atoms with van der Waals surface area (Å²) in [6, 6.07) is 21.1. The topological polar surface area (TPSA) is 29.1 Å². The molecule has 0 saturated heterocycles. The Hall–Kier alpha value is -2.61. The van der Waals surface area contributed by atoms with Crippen LogP contribution in [-0.4, -0.2) is 12.5 Å². The number of nitrogens with one attached hydrogen (secondary N) is 1. The van der Waals surface area contributed by atoms with E-state index in [1.165, 1.54) is 40.3 Å². The summed E-state index contributed by atoms with van der Waals surface area (Å²) in [5.41, 5.74) is 4.94. The second-order valence-electron chi connectivity index (χ2n) is 7.19. The first-order valence-electron chi connectivity index (χ1n) is 9.68. The van der Waals surface area contributed by atoms with Gasteiger partial charge in [-0.25, -0.2) is 0 Å². The van der Waals surface area contributed by atoms with Gasteiger partial charge < -0.3 is 5.32 Å². The first-order valence-corrected chi connectivity index (χ1v) is 9.68. The van der Waals surface area contributed by atoms with Crippen molar-refractivity contribution in [2.24, 2.45) is 0 Å². The smallest absolute Gasteiger partial charge is 0.251 e. The van der Waals surface area contributed by atoms with Crippen molar-refractivity contribution in [2.45, 2.75) is 38.5 Å². The normalized spacial score (nSPS) is 13.4. The minimum atomic E-state index is 0.0521. The Bertz CT molecular complexity index is 923. The van der Waals surface area contributed by atoms with Crippen molar-refractivity contribution in [3.8, 4) is 0 Å². The number of aryl methyl sites for hydroxylation is 3. The second-order valence-corrected chi connectivity index (χ2v) is 7.19. The number of rotatable bonds is 5. The highest BCUT2D eigenvalue weighted by molar-refractivity contribution is 5.94. The SMILES string of the molecule is O=C(NCCCc1cccc2ccccc12)c1ccc2c(c1)CCCC2. The summed E-state index contributed by atoms with van der Waals surface area (Å²) < 4.78 is 0. The molecular weight excluding hydrogens is 318 g/mol. The average molecular weight is 343 g/mol. The van der Waals surface area contributed by atoms with Crippen LogP contribution in [0, 0.1) is 0 Å². The van der Waals surface area contributed by atoms with E-state index in [1.807, 2.05) is 6.07 Å². The van der Waals surface area contributed by atoms with E-state index in [0.29, 0.717) is 6.54 Å². The summed E-state index contributed by atoms with van der Waals surface area (Å²) in [6.45, 7) is 0.707. The van der Waals surface area contributed by atoms with Crippen LogP contribution in [0.3, 0.4) is 0 Å². The predicted octanol–water partition coefficient (Wildman–Crippen LogP) is 5.08. The van der Waals surface area contributed by atoms with Crippen LogP contribution in [0.2, 0.25) is 0 Å². The predicted molar refractivity (Wildman–Crippen MR) is 108 cm³/mol. The monoisotopic (exact) mass is 343 g/mol. The molecule has 2 heteroatoms. The molecule has 3 aromatic carbocycles. The number of carbonyl (C=O) groups is 1. The average Bonchev–Trinajstić information content (AvgIpc) is 2.70. The highest BCUT2D eigenvalue weighted by Crippen LogP contribution is 2.22. The Labute approximate surface area is 155 Å². The first kappa shape index (κ1) is 16.8. The zero-order valence-corrected chi connectivity index (χ0v) is 15.1. The van der Waals surface area contributed by atoms with Crippen LogP contribution in [-0.2, 0) is 19.3 Å². The minimum absolute atomic E-state index is 0.0521.